The van der Waals surface area contributed by atoms with Gasteiger partial charge >= 0.3 is 0 Å². The van der Waals surface area contributed by atoms with Gasteiger partial charge in [0, 0.05) is 6.04 Å². The Hall–Kier alpha value is -0.860. The molecule has 0 aliphatic carbocycles. The van der Waals surface area contributed by atoms with Crippen LogP contribution in [0.5, 0.6) is 0 Å². The van der Waals surface area contributed by atoms with Crippen LogP contribution in [-0.4, -0.2) is 17.8 Å². The fourth-order valence-corrected chi connectivity index (χ4v) is 2.27. The molecule has 0 heterocycles. The first-order valence-electron chi connectivity index (χ1n) is 7.09. The van der Waals surface area contributed by atoms with E-state index in [-0.39, 0.29) is 12.1 Å². The van der Waals surface area contributed by atoms with E-state index in [1.54, 1.807) is 0 Å². The monoisotopic (exact) mass is 249 g/mol. The maximum atomic E-state index is 9.84. The second-order valence-electron chi connectivity index (χ2n) is 5.10. The number of rotatable bonds is 7. The molecule has 0 aliphatic rings. The fraction of sp³-hybridized carbons (Fsp3) is 0.625. The normalized spacial score (nSPS) is 16.3. The lowest BCUT2D eigenvalue weighted by Crippen LogP contribution is -2.49. The zero-order chi connectivity index (χ0) is 13.6. The Morgan fingerprint density at radius 1 is 1.17 bits per heavy atom. The third kappa shape index (κ3) is 3.33. The maximum Gasteiger partial charge on any atom is 0.0668 e. The van der Waals surface area contributed by atoms with E-state index in [4.69, 9.17) is 0 Å². The third-order valence-electron chi connectivity index (χ3n) is 3.92. The molecule has 0 saturated heterocycles. The molecule has 0 radical (unpaired) electrons. The van der Waals surface area contributed by atoms with E-state index < -0.39 is 0 Å². The number of aryl methyl sites for hydroxylation is 1. The number of hydrogen-bond acceptors (Lipinski definition) is 2. The number of aliphatic hydroxyl groups is 1. The minimum Gasteiger partial charge on any atom is -0.394 e. The summed E-state index contributed by atoms with van der Waals surface area (Å²) in [5.74, 6) is 0. The Morgan fingerprint density at radius 2 is 1.78 bits per heavy atom. The van der Waals surface area contributed by atoms with Gasteiger partial charge < -0.3 is 10.4 Å². The van der Waals surface area contributed by atoms with Crippen molar-refractivity contribution < 1.29 is 5.11 Å². The number of nitrogens with one attached hydrogen (secondary N) is 1. The molecule has 0 fully saturated rings. The van der Waals surface area contributed by atoms with Crippen LogP contribution in [0, 0.1) is 0 Å². The largest absolute Gasteiger partial charge is 0.394 e. The van der Waals surface area contributed by atoms with Gasteiger partial charge in [0.25, 0.3) is 0 Å². The SMILES string of the molecule is CCc1ccc(C(CC)(CO)NC(C)CC)cc1. The van der Waals surface area contributed by atoms with E-state index in [9.17, 15) is 5.11 Å². The van der Waals surface area contributed by atoms with E-state index in [1.807, 2.05) is 0 Å². The molecule has 2 atom stereocenters. The number of benzene rings is 1. The summed E-state index contributed by atoms with van der Waals surface area (Å²) >= 11 is 0. The Labute approximate surface area is 111 Å². The van der Waals surface area contributed by atoms with Crippen LogP contribution in [0.3, 0.4) is 0 Å². The molecule has 2 N–H and O–H groups in total. The molecule has 1 aromatic carbocycles. The van der Waals surface area contributed by atoms with Gasteiger partial charge in [-0.3, -0.25) is 0 Å². The van der Waals surface area contributed by atoms with Crippen molar-refractivity contribution in [2.45, 2.75) is 58.5 Å². The molecule has 0 saturated carbocycles. The van der Waals surface area contributed by atoms with Gasteiger partial charge in [-0.1, -0.05) is 45.0 Å². The quantitative estimate of drug-likeness (QED) is 0.777. The Morgan fingerprint density at radius 3 is 2.17 bits per heavy atom. The summed E-state index contributed by atoms with van der Waals surface area (Å²) in [5, 5.41) is 13.4. The number of hydrogen-bond donors (Lipinski definition) is 2. The zero-order valence-corrected chi connectivity index (χ0v) is 12.2. The van der Waals surface area contributed by atoms with Gasteiger partial charge in [0.05, 0.1) is 12.1 Å². The van der Waals surface area contributed by atoms with Crippen LogP contribution >= 0.6 is 0 Å². The fourth-order valence-electron chi connectivity index (χ4n) is 2.27. The average Bonchev–Trinajstić information content (AvgIpc) is 2.44. The highest BCUT2D eigenvalue weighted by Crippen LogP contribution is 2.26. The summed E-state index contributed by atoms with van der Waals surface area (Å²) in [5.41, 5.74) is 2.22. The summed E-state index contributed by atoms with van der Waals surface area (Å²) in [6.45, 7) is 8.75. The van der Waals surface area contributed by atoms with Gasteiger partial charge in [-0.15, -0.1) is 0 Å². The van der Waals surface area contributed by atoms with Gasteiger partial charge in [-0.05, 0) is 37.3 Å². The van der Waals surface area contributed by atoms with E-state index in [1.165, 1.54) is 11.1 Å². The molecule has 2 unspecified atom stereocenters. The van der Waals surface area contributed by atoms with Crippen molar-refractivity contribution in [1.29, 1.82) is 0 Å². The van der Waals surface area contributed by atoms with Gasteiger partial charge in [-0.2, -0.15) is 0 Å². The van der Waals surface area contributed by atoms with E-state index >= 15 is 0 Å². The van der Waals surface area contributed by atoms with Crippen molar-refractivity contribution >= 4 is 0 Å². The molecule has 0 bridgehead atoms. The first-order valence-corrected chi connectivity index (χ1v) is 7.09. The molecule has 0 spiro atoms. The summed E-state index contributed by atoms with van der Waals surface area (Å²) < 4.78 is 0. The first-order chi connectivity index (χ1) is 8.61. The van der Waals surface area contributed by atoms with Crippen LogP contribution in [0.25, 0.3) is 0 Å². The Balaban J connectivity index is 3.01. The molecule has 102 valence electrons. The maximum absolute atomic E-state index is 9.84. The van der Waals surface area contributed by atoms with Gasteiger partial charge in [-0.25, -0.2) is 0 Å². The number of aliphatic hydroxyl groups excluding tert-OH is 1. The molecule has 0 aromatic heterocycles. The lowest BCUT2D eigenvalue weighted by atomic mass is 9.86. The van der Waals surface area contributed by atoms with Crippen LogP contribution in [0.4, 0.5) is 0 Å². The lowest BCUT2D eigenvalue weighted by Gasteiger charge is -2.35. The van der Waals surface area contributed by atoms with Crippen LogP contribution in [0.2, 0.25) is 0 Å². The van der Waals surface area contributed by atoms with E-state index in [0.717, 1.165) is 19.3 Å². The lowest BCUT2D eigenvalue weighted by molar-refractivity contribution is 0.143. The highest BCUT2D eigenvalue weighted by Gasteiger charge is 2.30. The predicted octanol–water partition coefficient (Wildman–Crippen LogP) is 3.23. The van der Waals surface area contributed by atoms with Crippen molar-refractivity contribution in [3.63, 3.8) is 0 Å². The summed E-state index contributed by atoms with van der Waals surface area (Å²) in [6.07, 6.45) is 3.01. The van der Waals surface area contributed by atoms with Gasteiger partial charge in [0.1, 0.15) is 0 Å². The van der Waals surface area contributed by atoms with Crippen LogP contribution in [-0.2, 0) is 12.0 Å². The van der Waals surface area contributed by atoms with Crippen LogP contribution in [0.1, 0.15) is 51.7 Å². The zero-order valence-electron chi connectivity index (χ0n) is 12.2. The third-order valence-corrected chi connectivity index (χ3v) is 3.92. The second-order valence-corrected chi connectivity index (χ2v) is 5.10. The highest BCUT2D eigenvalue weighted by atomic mass is 16.3. The Kier molecular flexibility index (Phi) is 5.83. The molecular formula is C16H27NO. The smallest absolute Gasteiger partial charge is 0.0668 e. The molecular weight excluding hydrogens is 222 g/mol. The first kappa shape index (κ1) is 15.2. The summed E-state index contributed by atoms with van der Waals surface area (Å²) in [4.78, 5) is 0. The van der Waals surface area contributed by atoms with Crippen molar-refractivity contribution in [2.75, 3.05) is 6.61 Å². The topological polar surface area (TPSA) is 32.3 Å². The van der Waals surface area contributed by atoms with E-state index in [2.05, 4.69) is 57.3 Å². The summed E-state index contributed by atoms with van der Waals surface area (Å²) in [6, 6.07) is 9.02. The molecule has 0 aliphatic heterocycles. The standard InChI is InChI=1S/C16H27NO/c1-5-13(4)17-16(7-3,12-18)15-10-8-14(6-2)9-11-15/h8-11,13,17-18H,5-7,12H2,1-4H3. The van der Waals surface area contributed by atoms with E-state index in [0.29, 0.717) is 6.04 Å². The highest BCUT2D eigenvalue weighted by molar-refractivity contribution is 5.29. The molecule has 0 amide bonds. The van der Waals surface area contributed by atoms with Crippen LogP contribution in [0.15, 0.2) is 24.3 Å². The van der Waals surface area contributed by atoms with Crippen molar-refractivity contribution in [3.05, 3.63) is 35.4 Å². The van der Waals surface area contributed by atoms with Crippen LogP contribution < -0.4 is 5.32 Å². The van der Waals surface area contributed by atoms with Gasteiger partial charge in [0.2, 0.25) is 0 Å². The molecule has 1 aromatic rings. The minimum absolute atomic E-state index is 0.138. The minimum atomic E-state index is -0.304. The van der Waals surface area contributed by atoms with Crippen molar-refractivity contribution in [3.8, 4) is 0 Å². The Bertz CT molecular complexity index is 341. The molecule has 2 heteroatoms. The summed E-state index contributed by atoms with van der Waals surface area (Å²) in [7, 11) is 0. The predicted molar refractivity (Wildman–Crippen MR) is 77.8 cm³/mol. The van der Waals surface area contributed by atoms with Crippen molar-refractivity contribution in [2.24, 2.45) is 0 Å². The second kappa shape index (κ2) is 6.91. The van der Waals surface area contributed by atoms with Gasteiger partial charge in [0.15, 0.2) is 0 Å². The average molecular weight is 249 g/mol. The molecule has 1 rings (SSSR count). The molecule has 2 nitrogen and oxygen atoms in total. The van der Waals surface area contributed by atoms with Crippen molar-refractivity contribution in [1.82, 2.24) is 5.32 Å². The molecule has 18 heavy (non-hydrogen) atoms.